The van der Waals surface area contributed by atoms with Gasteiger partial charge in [0.2, 0.25) is 5.91 Å². The van der Waals surface area contributed by atoms with Gasteiger partial charge in [-0.3, -0.25) is 4.79 Å². The molecule has 0 bridgehead atoms. The Kier molecular flexibility index (Phi) is 4.29. The average molecular weight is 271 g/mol. The highest BCUT2D eigenvalue weighted by atomic mass is 79.9. The summed E-state index contributed by atoms with van der Waals surface area (Å²) < 4.78 is 0.977. The van der Waals surface area contributed by atoms with E-state index in [4.69, 9.17) is 5.73 Å². The van der Waals surface area contributed by atoms with Crippen molar-refractivity contribution in [2.24, 2.45) is 5.73 Å². The number of halogens is 1. The summed E-state index contributed by atoms with van der Waals surface area (Å²) in [5, 5.41) is 2.81. The maximum absolute atomic E-state index is 11.6. The first-order chi connectivity index (χ1) is 7.06. The van der Waals surface area contributed by atoms with Crippen molar-refractivity contribution in [3.8, 4) is 0 Å². The van der Waals surface area contributed by atoms with E-state index in [1.54, 1.807) is 0 Å². The van der Waals surface area contributed by atoms with Gasteiger partial charge in [0.25, 0.3) is 0 Å². The van der Waals surface area contributed by atoms with E-state index in [-0.39, 0.29) is 5.91 Å². The second-order valence-electron chi connectivity index (χ2n) is 3.42. The maximum atomic E-state index is 11.6. The van der Waals surface area contributed by atoms with Crippen molar-refractivity contribution in [2.45, 2.75) is 26.3 Å². The molecule has 3 N–H and O–H groups in total. The minimum absolute atomic E-state index is 0.140. The molecule has 0 saturated heterocycles. The summed E-state index contributed by atoms with van der Waals surface area (Å²) in [5.74, 6) is -0.140. The molecule has 0 aliphatic carbocycles. The molecule has 0 radical (unpaired) electrons. The maximum Gasteiger partial charge on any atom is 0.241 e. The third-order valence-corrected chi connectivity index (χ3v) is 3.16. The topological polar surface area (TPSA) is 55.1 Å². The molecular weight excluding hydrogens is 256 g/mol. The van der Waals surface area contributed by atoms with Crippen LogP contribution in [0.4, 0.5) is 5.69 Å². The van der Waals surface area contributed by atoms with Crippen molar-refractivity contribution in [2.75, 3.05) is 5.32 Å². The number of anilines is 1. The molecule has 1 aromatic rings. The molecule has 15 heavy (non-hydrogen) atoms. The second kappa shape index (κ2) is 5.28. The van der Waals surface area contributed by atoms with E-state index in [9.17, 15) is 4.79 Å². The van der Waals surface area contributed by atoms with Crippen LogP contribution in [0.25, 0.3) is 0 Å². The van der Waals surface area contributed by atoms with Crippen LogP contribution in [-0.2, 0) is 4.79 Å². The highest BCUT2D eigenvalue weighted by Crippen LogP contribution is 2.23. The molecule has 0 fully saturated rings. The Morgan fingerprint density at radius 2 is 2.27 bits per heavy atom. The molecular formula is C11H15BrN2O. The fourth-order valence-corrected chi connectivity index (χ4v) is 1.52. The number of carbonyl (C=O) groups is 1. The first kappa shape index (κ1) is 12.2. The molecule has 0 aliphatic heterocycles. The van der Waals surface area contributed by atoms with Crippen LogP contribution in [0.1, 0.15) is 18.9 Å². The van der Waals surface area contributed by atoms with E-state index in [2.05, 4.69) is 21.2 Å². The standard InChI is InChI=1S/C11H15BrN2O/c1-3-9(13)11(15)14-10-6-4-5-8(12)7(10)2/h4-6,9H,3,13H2,1-2H3,(H,14,15). The molecule has 1 rings (SSSR count). The molecule has 0 aromatic heterocycles. The first-order valence-corrected chi connectivity index (χ1v) is 5.67. The summed E-state index contributed by atoms with van der Waals surface area (Å²) in [6, 6.07) is 5.23. The normalized spacial score (nSPS) is 12.3. The lowest BCUT2D eigenvalue weighted by atomic mass is 10.1. The summed E-state index contributed by atoms with van der Waals surface area (Å²) in [6.45, 7) is 3.83. The Bertz CT molecular complexity index is 366. The molecule has 0 spiro atoms. The molecule has 3 nitrogen and oxygen atoms in total. The lowest BCUT2D eigenvalue weighted by Crippen LogP contribution is -2.35. The van der Waals surface area contributed by atoms with Crippen LogP contribution in [0.2, 0.25) is 0 Å². The average Bonchev–Trinajstić information content (AvgIpc) is 2.23. The Morgan fingerprint density at radius 1 is 1.60 bits per heavy atom. The summed E-state index contributed by atoms with van der Waals surface area (Å²) >= 11 is 3.41. The fourth-order valence-electron chi connectivity index (χ4n) is 1.15. The zero-order chi connectivity index (χ0) is 11.4. The number of hydrogen-bond donors (Lipinski definition) is 2. The molecule has 4 heteroatoms. The summed E-state index contributed by atoms with van der Waals surface area (Å²) in [5.41, 5.74) is 7.44. The van der Waals surface area contributed by atoms with Gasteiger partial charge in [-0.2, -0.15) is 0 Å². The van der Waals surface area contributed by atoms with Crippen LogP contribution in [0.5, 0.6) is 0 Å². The number of nitrogens with two attached hydrogens (primary N) is 1. The zero-order valence-corrected chi connectivity index (χ0v) is 10.5. The SMILES string of the molecule is CCC(N)C(=O)Nc1cccc(Br)c1C. The molecule has 1 atom stereocenters. The van der Waals surface area contributed by atoms with E-state index in [1.165, 1.54) is 0 Å². The lowest BCUT2D eigenvalue weighted by Gasteiger charge is -2.12. The van der Waals surface area contributed by atoms with Crippen molar-refractivity contribution in [1.82, 2.24) is 0 Å². The predicted molar refractivity (Wildman–Crippen MR) is 65.8 cm³/mol. The van der Waals surface area contributed by atoms with Crippen molar-refractivity contribution < 1.29 is 4.79 Å². The highest BCUT2D eigenvalue weighted by Gasteiger charge is 2.12. The van der Waals surface area contributed by atoms with E-state index in [0.717, 1.165) is 15.7 Å². The third-order valence-electron chi connectivity index (χ3n) is 2.30. The van der Waals surface area contributed by atoms with Gasteiger partial charge in [0.05, 0.1) is 6.04 Å². The Labute approximate surface area is 98.2 Å². The van der Waals surface area contributed by atoms with E-state index in [0.29, 0.717) is 6.42 Å². The third kappa shape index (κ3) is 3.04. The van der Waals surface area contributed by atoms with Gasteiger partial charge in [0, 0.05) is 10.2 Å². The van der Waals surface area contributed by atoms with Crippen LogP contribution >= 0.6 is 15.9 Å². The molecule has 0 aliphatic rings. The van der Waals surface area contributed by atoms with Gasteiger partial charge < -0.3 is 11.1 Å². The molecule has 0 saturated carbocycles. The van der Waals surface area contributed by atoms with Crippen molar-refractivity contribution in [3.63, 3.8) is 0 Å². The summed E-state index contributed by atoms with van der Waals surface area (Å²) in [4.78, 5) is 11.6. The van der Waals surface area contributed by atoms with Gasteiger partial charge in [-0.1, -0.05) is 28.9 Å². The number of nitrogens with one attached hydrogen (secondary N) is 1. The molecule has 1 unspecified atom stereocenters. The Hall–Kier alpha value is -0.870. The van der Waals surface area contributed by atoms with Crippen LogP contribution in [-0.4, -0.2) is 11.9 Å². The van der Waals surface area contributed by atoms with Gasteiger partial charge in [-0.25, -0.2) is 0 Å². The van der Waals surface area contributed by atoms with Gasteiger partial charge in [-0.15, -0.1) is 0 Å². The largest absolute Gasteiger partial charge is 0.324 e. The molecule has 1 amide bonds. The molecule has 82 valence electrons. The minimum atomic E-state index is -0.441. The lowest BCUT2D eigenvalue weighted by molar-refractivity contribution is -0.117. The number of amides is 1. The van der Waals surface area contributed by atoms with Crippen molar-refractivity contribution in [3.05, 3.63) is 28.2 Å². The van der Waals surface area contributed by atoms with Crippen molar-refractivity contribution >= 4 is 27.5 Å². The predicted octanol–water partition coefficient (Wildman–Crippen LogP) is 2.43. The van der Waals surface area contributed by atoms with Crippen LogP contribution < -0.4 is 11.1 Å². The Balaban J connectivity index is 2.81. The molecule has 1 aromatic carbocycles. The number of carbonyl (C=O) groups excluding carboxylic acids is 1. The summed E-state index contributed by atoms with van der Waals surface area (Å²) in [6.07, 6.45) is 0.638. The van der Waals surface area contributed by atoms with Crippen molar-refractivity contribution in [1.29, 1.82) is 0 Å². The zero-order valence-electron chi connectivity index (χ0n) is 8.88. The van der Waals surface area contributed by atoms with E-state index in [1.807, 2.05) is 32.0 Å². The van der Waals surface area contributed by atoms with Gasteiger partial charge >= 0.3 is 0 Å². The number of hydrogen-bond acceptors (Lipinski definition) is 2. The van der Waals surface area contributed by atoms with E-state index >= 15 is 0 Å². The van der Waals surface area contributed by atoms with Crippen LogP contribution in [0.15, 0.2) is 22.7 Å². The quantitative estimate of drug-likeness (QED) is 0.887. The monoisotopic (exact) mass is 270 g/mol. The van der Waals surface area contributed by atoms with Gasteiger partial charge in [-0.05, 0) is 31.0 Å². The Morgan fingerprint density at radius 3 is 2.87 bits per heavy atom. The number of rotatable bonds is 3. The smallest absolute Gasteiger partial charge is 0.241 e. The van der Waals surface area contributed by atoms with Crippen LogP contribution in [0.3, 0.4) is 0 Å². The first-order valence-electron chi connectivity index (χ1n) is 4.87. The number of benzene rings is 1. The van der Waals surface area contributed by atoms with Gasteiger partial charge in [0.15, 0.2) is 0 Å². The fraction of sp³-hybridized carbons (Fsp3) is 0.364. The minimum Gasteiger partial charge on any atom is -0.324 e. The second-order valence-corrected chi connectivity index (χ2v) is 4.27. The van der Waals surface area contributed by atoms with Crippen LogP contribution in [0, 0.1) is 6.92 Å². The summed E-state index contributed by atoms with van der Waals surface area (Å²) in [7, 11) is 0. The highest BCUT2D eigenvalue weighted by molar-refractivity contribution is 9.10. The van der Waals surface area contributed by atoms with E-state index < -0.39 is 6.04 Å². The van der Waals surface area contributed by atoms with Gasteiger partial charge in [0.1, 0.15) is 0 Å². The molecule has 0 heterocycles.